The van der Waals surface area contributed by atoms with Gasteiger partial charge in [-0.3, -0.25) is 4.79 Å². The Morgan fingerprint density at radius 2 is 1.58 bits per heavy atom. The molecule has 0 spiro atoms. The Morgan fingerprint density at radius 3 is 2.23 bits per heavy atom. The normalized spacial score (nSPS) is 14.0. The van der Waals surface area contributed by atoms with Crippen LogP contribution in [0.1, 0.15) is 60.9 Å². The van der Waals surface area contributed by atoms with E-state index in [0.29, 0.717) is 18.7 Å². The zero-order valence-corrected chi connectivity index (χ0v) is 26.7. The number of aliphatic hydroxyl groups is 2. The van der Waals surface area contributed by atoms with Crippen molar-refractivity contribution in [3.05, 3.63) is 102 Å². The molecule has 4 aromatic rings. The Morgan fingerprint density at radius 1 is 0.930 bits per heavy atom. The van der Waals surface area contributed by atoms with Crippen molar-refractivity contribution in [2.24, 2.45) is 0 Å². The van der Waals surface area contributed by atoms with Gasteiger partial charge < -0.3 is 29.6 Å². The summed E-state index contributed by atoms with van der Waals surface area (Å²) in [5, 5.41) is 31.7. The van der Waals surface area contributed by atoms with Gasteiger partial charge in [0.2, 0.25) is 0 Å². The molecule has 2 heterocycles. The number of aliphatic hydroxyl groups excluding tert-OH is 2. The maximum atomic E-state index is 14.6. The molecule has 1 aliphatic heterocycles. The third-order valence-electron chi connectivity index (χ3n) is 7.75. The minimum absolute atomic E-state index is 0. The SMILES string of the molecule is CC(C)n1c(CC[C@@H](O)C[C@@H](O)CC(=O)[O-])c(-c2ccc(F)cc2)c2c1C(=O)N(c1ccccc1)Cc1ccccc1-2.[Na+]. The van der Waals surface area contributed by atoms with Crippen molar-refractivity contribution in [2.75, 3.05) is 4.90 Å². The molecule has 0 saturated heterocycles. The molecule has 43 heavy (non-hydrogen) atoms. The van der Waals surface area contributed by atoms with E-state index in [4.69, 9.17) is 0 Å². The van der Waals surface area contributed by atoms with Gasteiger partial charge in [-0.1, -0.05) is 54.6 Å². The molecule has 5 rings (SSSR count). The number of carboxylic acids is 1. The number of halogens is 1. The van der Waals surface area contributed by atoms with Gasteiger partial charge in [-0.05, 0) is 74.1 Å². The molecule has 0 bridgehead atoms. The van der Waals surface area contributed by atoms with Crippen LogP contribution >= 0.6 is 0 Å². The van der Waals surface area contributed by atoms with E-state index >= 15 is 0 Å². The number of aromatic nitrogens is 1. The van der Waals surface area contributed by atoms with Crippen LogP contribution in [0.4, 0.5) is 10.1 Å². The summed E-state index contributed by atoms with van der Waals surface area (Å²) >= 11 is 0. The standard InChI is InChI=1S/C34H35FN2O5.Na/c1-21(2)37-29(17-16-26(38)18-27(39)19-30(40)41)31(22-12-14-24(35)15-13-22)32-28-11-7-6-8-23(28)20-36(34(42)33(32)37)25-9-4-3-5-10-25;/h3-15,21,26-27,38-39H,16-20H2,1-2H3,(H,40,41);/q;+1/p-1/t26-,27-;/m1./s1. The van der Waals surface area contributed by atoms with Gasteiger partial charge in [0.1, 0.15) is 11.5 Å². The number of hydrogen-bond donors (Lipinski definition) is 2. The molecule has 2 N–H and O–H groups in total. The van der Waals surface area contributed by atoms with Gasteiger partial charge >= 0.3 is 29.6 Å². The van der Waals surface area contributed by atoms with Gasteiger partial charge in [-0.15, -0.1) is 0 Å². The number of amides is 1. The van der Waals surface area contributed by atoms with Gasteiger partial charge in [0.15, 0.2) is 0 Å². The zero-order valence-electron chi connectivity index (χ0n) is 24.7. The second kappa shape index (κ2) is 14.0. The first-order valence-corrected chi connectivity index (χ1v) is 14.2. The zero-order chi connectivity index (χ0) is 30.0. The summed E-state index contributed by atoms with van der Waals surface area (Å²) in [4.78, 5) is 27.2. The maximum absolute atomic E-state index is 14.6. The number of hydrogen-bond acceptors (Lipinski definition) is 5. The number of benzene rings is 3. The number of para-hydroxylation sites is 1. The molecule has 218 valence electrons. The van der Waals surface area contributed by atoms with E-state index < -0.39 is 24.6 Å². The predicted octanol–water partition coefficient (Wildman–Crippen LogP) is 1.89. The first-order chi connectivity index (χ1) is 20.2. The molecule has 1 amide bonds. The molecule has 2 atom stereocenters. The molecule has 3 aromatic carbocycles. The summed E-state index contributed by atoms with van der Waals surface area (Å²) in [6.45, 7) is 4.36. The fourth-order valence-corrected chi connectivity index (χ4v) is 5.95. The van der Waals surface area contributed by atoms with Crippen molar-refractivity contribution in [3.8, 4) is 22.3 Å². The first kappa shape index (κ1) is 32.6. The second-order valence-corrected chi connectivity index (χ2v) is 11.1. The number of anilines is 1. The number of rotatable bonds is 10. The molecule has 0 fully saturated rings. The Bertz CT molecular complexity index is 1590. The van der Waals surface area contributed by atoms with Crippen LogP contribution in [0.2, 0.25) is 0 Å². The van der Waals surface area contributed by atoms with Gasteiger partial charge in [-0.25, -0.2) is 4.39 Å². The van der Waals surface area contributed by atoms with Gasteiger partial charge in [0.05, 0.1) is 18.8 Å². The molecule has 0 saturated carbocycles. The number of aliphatic carboxylic acids is 1. The van der Waals surface area contributed by atoms with Gasteiger partial charge in [0.25, 0.3) is 5.91 Å². The van der Waals surface area contributed by atoms with Gasteiger partial charge in [0, 0.05) is 40.9 Å². The van der Waals surface area contributed by atoms with Crippen LogP contribution in [0.25, 0.3) is 22.3 Å². The van der Waals surface area contributed by atoms with Crippen LogP contribution in [0.5, 0.6) is 0 Å². The molecule has 0 radical (unpaired) electrons. The van der Waals surface area contributed by atoms with Crippen molar-refractivity contribution in [1.82, 2.24) is 4.57 Å². The van der Waals surface area contributed by atoms with Crippen LogP contribution < -0.4 is 39.6 Å². The summed E-state index contributed by atoms with van der Waals surface area (Å²) in [5.74, 6) is -1.93. The minimum Gasteiger partial charge on any atom is -0.550 e. The summed E-state index contributed by atoms with van der Waals surface area (Å²) in [6, 6.07) is 23.5. The van der Waals surface area contributed by atoms with Crippen molar-refractivity contribution in [1.29, 1.82) is 0 Å². The van der Waals surface area contributed by atoms with E-state index in [9.17, 15) is 29.3 Å². The average molecular weight is 593 g/mol. The van der Waals surface area contributed by atoms with Crippen LogP contribution in [-0.4, -0.2) is 38.9 Å². The van der Waals surface area contributed by atoms with Crippen LogP contribution in [0.15, 0.2) is 78.9 Å². The predicted molar refractivity (Wildman–Crippen MR) is 157 cm³/mol. The Kier molecular flexibility index (Phi) is 10.6. The van der Waals surface area contributed by atoms with Crippen molar-refractivity contribution in [3.63, 3.8) is 0 Å². The fraction of sp³-hybridized carbons (Fsp3) is 0.294. The number of carboxylic acid groups (broad SMARTS) is 1. The Balaban J connectivity index is 0.00000423. The molecule has 0 aliphatic carbocycles. The summed E-state index contributed by atoms with van der Waals surface area (Å²) in [7, 11) is 0. The maximum Gasteiger partial charge on any atom is 1.00 e. The van der Waals surface area contributed by atoms with Crippen molar-refractivity contribution in [2.45, 2.75) is 64.3 Å². The Labute approximate surface area is 272 Å². The third-order valence-corrected chi connectivity index (χ3v) is 7.75. The third kappa shape index (κ3) is 6.95. The van der Waals surface area contributed by atoms with E-state index in [1.54, 1.807) is 17.0 Å². The molecular formula is C34H34FN2NaO5. The molecule has 7 nitrogen and oxygen atoms in total. The van der Waals surface area contributed by atoms with Crippen molar-refractivity contribution >= 4 is 17.6 Å². The number of carbonyl (C=O) groups excluding carboxylic acids is 2. The molecule has 1 aliphatic rings. The fourth-order valence-electron chi connectivity index (χ4n) is 5.95. The van der Waals surface area contributed by atoms with Crippen LogP contribution in [-0.2, 0) is 17.8 Å². The minimum atomic E-state index is -1.38. The monoisotopic (exact) mass is 592 g/mol. The van der Waals surface area contributed by atoms with E-state index in [1.165, 1.54) is 12.1 Å². The summed E-state index contributed by atoms with van der Waals surface area (Å²) < 4.78 is 16.1. The van der Waals surface area contributed by atoms with E-state index in [1.807, 2.05) is 73.0 Å². The first-order valence-electron chi connectivity index (χ1n) is 14.2. The molecule has 1 aromatic heterocycles. The topological polar surface area (TPSA) is 106 Å². The second-order valence-electron chi connectivity index (χ2n) is 11.1. The molecule has 0 unspecified atom stereocenters. The summed E-state index contributed by atoms with van der Waals surface area (Å²) in [6.07, 6.45) is -2.35. The van der Waals surface area contributed by atoms with E-state index in [0.717, 1.165) is 39.2 Å². The number of nitrogens with zero attached hydrogens (tertiary/aromatic N) is 2. The molecular weight excluding hydrogens is 558 g/mol. The van der Waals surface area contributed by atoms with E-state index in [-0.39, 0.29) is 60.2 Å². The Hall–Kier alpha value is -3.27. The van der Waals surface area contributed by atoms with E-state index in [2.05, 4.69) is 0 Å². The van der Waals surface area contributed by atoms with Crippen LogP contribution in [0, 0.1) is 5.82 Å². The smallest absolute Gasteiger partial charge is 0.550 e. The number of fused-ring (bicyclic) bond motifs is 3. The largest absolute Gasteiger partial charge is 1.00 e. The quantitative estimate of drug-likeness (QED) is 0.274. The average Bonchev–Trinajstić information content (AvgIpc) is 3.24. The summed E-state index contributed by atoms with van der Waals surface area (Å²) in [5.41, 5.74) is 6.24. The van der Waals surface area contributed by atoms with Crippen LogP contribution in [0.3, 0.4) is 0 Å². The number of carbonyl (C=O) groups is 2. The molecule has 9 heteroatoms. The van der Waals surface area contributed by atoms with Crippen molar-refractivity contribution < 1.29 is 58.9 Å². The van der Waals surface area contributed by atoms with Gasteiger partial charge in [-0.2, -0.15) is 0 Å².